The summed E-state index contributed by atoms with van der Waals surface area (Å²) in [6.45, 7) is 9.34. The summed E-state index contributed by atoms with van der Waals surface area (Å²) in [5.74, 6) is -3.09. The lowest BCUT2D eigenvalue weighted by atomic mass is 10.2. The zero-order chi connectivity index (χ0) is 25.1. The molecule has 0 aliphatic heterocycles. The summed E-state index contributed by atoms with van der Waals surface area (Å²) >= 11 is 0. The van der Waals surface area contributed by atoms with Gasteiger partial charge in [-0.3, -0.25) is 14.7 Å². The molecule has 0 unspecified atom stereocenters. The van der Waals surface area contributed by atoms with Gasteiger partial charge in [0.15, 0.2) is 18.3 Å². The number of rotatable bonds is 12. The van der Waals surface area contributed by atoms with Crippen molar-refractivity contribution in [3.8, 4) is 5.75 Å². The molecule has 182 valence electrons. The zero-order valence-electron chi connectivity index (χ0n) is 19.5. The summed E-state index contributed by atoms with van der Waals surface area (Å²) < 4.78 is 33.2. The number of carbonyl (C=O) groups excluding carboxylic acids is 2. The number of hydrogen-bond acceptors (Lipinski definition) is 5. The smallest absolute Gasteiger partial charge is 0.328 e. The van der Waals surface area contributed by atoms with Crippen LogP contribution in [0.2, 0.25) is 0 Å². The first-order valence-corrected chi connectivity index (χ1v) is 10.8. The number of carbonyl (C=O) groups is 2. The molecule has 0 aromatic heterocycles. The topological polar surface area (TPSA) is 65.5 Å². The van der Waals surface area contributed by atoms with Gasteiger partial charge in [-0.25, -0.2) is 9.18 Å². The van der Waals surface area contributed by atoms with Gasteiger partial charge in [0.1, 0.15) is 6.67 Å². The van der Waals surface area contributed by atoms with Crippen molar-refractivity contribution in [2.24, 2.45) is 4.99 Å². The van der Waals surface area contributed by atoms with Crippen LogP contribution in [0, 0.1) is 11.6 Å². The summed E-state index contributed by atoms with van der Waals surface area (Å²) in [6.07, 6.45) is 1.37. The highest BCUT2D eigenvalue weighted by Gasteiger charge is 2.29. The minimum absolute atomic E-state index is 0.0231. The van der Waals surface area contributed by atoms with E-state index >= 15 is 0 Å². The van der Waals surface area contributed by atoms with Crippen molar-refractivity contribution in [3.05, 3.63) is 78.0 Å². The Labute approximate surface area is 198 Å². The molecule has 0 saturated heterocycles. The van der Waals surface area contributed by atoms with E-state index in [1.807, 2.05) is 37.3 Å². The third kappa shape index (κ3) is 7.13. The van der Waals surface area contributed by atoms with E-state index in [2.05, 4.69) is 18.3 Å². The maximum atomic E-state index is 14.1. The fourth-order valence-corrected chi connectivity index (χ4v) is 3.07. The molecular formula is C25H30F2N4O3. The average molecular weight is 473 g/mol. The Morgan fingerprint density at radius 1 is 1.09 bits per heavy atom. The number of benzene rings is 2. The normalized spacial score (nSPS) is 10.4. The average Bonchev–Trinajstić information content (AvgIpc) is 2.84. The fourth-order valence-electron chi connectivity index (χ4n) is 3.07. The van der Waals surface area contributed by atoms with Gasteiger partial charge in [0.25, 0.3) is 5.91 Å². The van der Waals surface area contributed by atoms with Gasteiger partial charge in [-0.1, -0.05) is 56.3 Å². The van der Waals surface area contributed by atoms with Gasteiger partial charge in [0.2, 0.25) is 5.82 Å². The van der Waals surface area contributed by atoms with Crippen molar-refractivity contribution >= 4 is 18.7 Å². The monoisotopic (exact) mass is 472 g/mol. The van der Waals surface area contributed by atoms with E-state index in [-0.39, 0.29) is 37.9 Å². The van der Waals surface area contributed by atoms with Gasteiger partial charge in [-0.2, -0.15) is 4.39 Å². The number of hydrogen-bond donors (Lipinski definition) is 0. The van der Waals surface area contributed by atoms with E-state index in [1.165, 1.54) is 29.0 Å². The highest BCUT2D eigenvalue weighted by Crippen LogP contribution is 2.21. The molecule has 0 atom stereocenters. The van der Waals surface area contributed by atoms with Crippen LogP contribution >= 0.6 is 0 Å². The zero-order valence-corrected chi connectivity index (χ0v) is 19.5. The van der Waals surface area contributed by atoms with Crippen LogP contribution in [-0.4, -0.2) is 60.3 Å². The predicted molar refractivity (Wildman–Crippen MR) is 127 cm³/mol. The summed E-state index contributed by atoms with van der Waals surface area (Å²) in [4.78, 5) is 33.8. The van der Waals surface area contributed by atoms with Crippen LogP contribution in [0.3, 0.4) is 0 Å². The number of nitrogens with zero attached hydrogens (tertiary/aromatic N) is 4. The van der Waals surface area contributed by atoms with Crippen LogP contribution in [0.4, 0.5) is 13.6 Å². The molecular weight excluding hydrogens is 442 g/mol. The minimum atomic E-state index is -1.13. The van der Waals surface area contributed by atoms with Crippen molar-refractivity contribution < 1.29 is 23.1 Å². The number of urea groups is 1. The molecule has 2 aromatic rings. The van der Waals surface area contributed by atoms with E-state index in [0.717, 1.165) is 23.0 Å². The molecule has 2 rings (SSSR count). The van der Waals surface area contributed by atoms with Crippen molar-refractivity contribution in [1.29, 1.82) is 0 Å². The Hall–Kier alpha value is -3.75. The largest absolute Gasteiger partial charge is 0.470 e. The number of halogens is 2. The molecule has 9 heteroatoms. The van der Waals surface area contributed by atoms with E-state index in [1.54, 1.807) is 0 Å². The lowest BCUT2D eigenvalue weighted by Crippen LogP contribution is -2.48. The second-order valence-electron chi connectivity index (χ2n) is 7.61. The number of imide groups is 1. The summed E-state index contributed by atoms with van der Waals surface area (Å²) in [5, 5.41) is 0. The fraction of sp³-hybridized carbons (Fsp3) is 0.320. The first-order chi connectivity index (χ1) is 16.3. The van der Waals surface area contributed by atoms with E-state index in [0.29, 0.717) is 6.42 Å². The first-order valence-electron chi connectivity index (χ1n) is 10.8. The van der Waals surface area contributed by atoms with Crippen LogP contribution < -0.4 is 4.74 Å². The van der Waals surface area contributed by atoms with Gasteiger partial charge in [0.05, 0.1) is 5.70 Å². The molecule has 0 saturated carbocycles. The molecule has 0 aliphatic rings. The van der Waals surface area contributed by atoms with Crippen molar-refractivity contribution in [2.75, 3.05) is 27.0 Å². The predicted octanol–water partition coefficient (Wildman–Crippen LogP) is 4.66. The van der Waals surface area contributed by atoms with Crippen LogP contribution in [0.1, 0.15) is 25.3 Å². The van der Waals surface area contributed by atoms with Gasteiger partial charge in [-0.15, -0.1) is 0 Å². The molecule has 0 radical (unpaired) electrons. The summed E-state index contributed by atoms with van der Waals surface area (Å²) in [7, 11) is 1.52. The summed E-state index contributed by atoms with van der Waals surface area (Å²) in [5.41, 5.74) is 0.809. The number of ether oxygens (including phenoxy) is 1. The second kappa shape index (κ2) is 13.1. The van der Waals surface area contributed by atoms with Gasteiger partial charge >= 0.3 is 6.03 Å². The van der Waals surface area contributed by atoms with E-state index in [9.17, 15) is 18.4 Å². The lowest BCUT2D eigenvalue weighted by Gasteiger charge is -2.31. The SMILES string of the molecule is C=NCN(C)C(=O)N(CCCC)C(=O)C(=C)N(COc1cccc(F)c1F)Cc1ccccc1. The molecule has 3 amide bonds. The van der Waals surface area contributed by atoms with Gasteiger partial charge in [-0.05, 0) is 30.8 Å². The molecule has 0 aliphatic carbocycles. The molecule has 2 aromatic carbocycles. The number of amides is 3. The van der Waals surface area contributed by atoms with Crippen LogP contribution in [0.25, 0.3) is 0 Å². The quantitative estimate of drug-likeness (QED) is 0.256. The van der Waals surface area contributed by atoms with E-state index in [4.69, 9.17) is 4.74 Å². The Morgan fingerprint density at radius 3 is 2.44 bits per heavy atom. The van der Waals surface area contributed by atoms with Crippen molar-refractivity contribution in [1.82, 2.24) is 14.7 Å². The Bertz CT molecular complexity index is 1000. The van der Waals surface area contributed by atoms with Crippen LogP contribution in [-0.2, 0) is 11.3 Å². The third-order valence-electron chi connectivity index (χ3n) is 4.99. The van der Waals surface area contributed by atoms with Crippen molar-refractivity contribution in [3.63, 3.8) is 0 Å². The van der Waals surface area contributed by atoms with Crippen molar-refractivity contribution in [2.45, 2.75) is 26.3 Å². The molecule has 0 N–H and O–H groups in total. The third-order valence-corrected chi connectivity index (χ3v) is 4.99. The van der Waals surface area contributed by atoms with Gasteiger partial charge < -0.3 is 14.5 Å². The first kappa shape index (κ1) is 26.5. The standard InChI is InChI=1S/C25H30F2N4O3/c1-5-6-15-31(25(33)29(4)17-28-3)24(32)19(2)30(16-20-11-8-7-9-12-20)18-34-22-14-10-13-21(26)23(22)27/h7-14H,2-3,5-6,15-18H2,1,4H3. The van der Waals surface area contributed by atoms with Crippen LogP contribution in [0.15, 0.2) is 65.8 Å². The molecule has 0 spiro atoms. The number of aliphatic imine (C=N–C) groups is 1. The lowest BCUT2D eigenvalue weighted by molar-refractivity contribution is -0.127. The summed E-state index contributed by atoms with van der Waals surface area (Å²) in [6, 6.07) is 12.3. The Morgan fingerprint density at radius 2 is 1.79 bits per heavy atom. The molecule has 34 heavy (non-hydrogen) atoms. The Kier molecular flexibility index (Phi) is 10.2. The minimum Gasteiger partial charge on any atom is -0.470 e. The highest BCUT2D eigenvalue weighted by molar-refractivity contribution is 6.03. The maximum absolute atomic E-state index is 14.1. The highest BCUT2D eigenvalue weighted by atomic mass is 19.2. The number of unbranched alkanes of at least 4 members (excludes halogenated alkanes) is 1. The maximum Gasteiger partial charge on any atom is 0.328 e. The van der Waals surface area contributed by atoms with Crippen LogP contribution in [0.5, 0.6) is 5.75 Å². The molecule has 0 heterocycles. The molecule has 0 fully saturated rings. The molecule has 7 nitrogen and oxygen atoms in total. The van der Waals surface area contributed by atoms with E-state index < -0.39 is 23.6 Å². The Balaban J connectivity index is 2.29. The van der Waals surface area contributed by atoms with Gasteiger partial charge in [0, 0.05) is 20.1 Å². The molecule has 0 bridgehead atoms. The second-order valence-corrected chi connectivity index (χ2v) is 7.61.